The van der Waals surface area contributed by atoms with Crippen LogP contribution < -0.4 is 11.1 Å². The minimum absolute atomic E-state index is 0.0276. The molecule has 3 heteroatoms. The van der Waals surface area contributed by atoms with E-state index >= 15 is 0 Å². The van der Waals surface area contributed by atoms with E-state index in [1.54, 1.807) is 0 Å². The van der Waals surface area contributed by atoms with Crippen molar-refractivity contribution in [2.24, 2.45) is 5.73 Å². The van der Waals surface area contributed by atoms with E-state index in [9.17, 15) is 0 Å². The zero-order valence-corrected chi connectivity index (χ0v) is 9.46. The Kier molecular flexibility index (Phi) is 4.75. The Morgan fingerprint density at radius 1 is 1.40 bits per heavy atom. The van der Waals surface area contributed by atoms with Crippen LogP contribution in [0.5, 0.6) is 0 Å². The molecule has 0 aliphatic carbocycles. The number of aliphatic hydroxyl groups excluding tert-OH is 1. The lowest BCUT2D eigenvalue weighted by Crippen LogP contribution is -2.36. The Morgan fingerprint density at radius 2 is 2.13 bits per heavy atom. The number of aryl methyl sites for hydroxylation is 2. The zero-order chi connectivity index (χ0) is 11.3. The second-order valence-corrected chi connectivity index (χ2v) is 4.00. The molecule has 3 nitrogen and oxygen atoms in total. The van der Waals surface area contributed by atoms with E-state index in [2.05, 4.69) is 37.4 Å². The van der Waals surface area contributed by atoms with Crippen LogP contribution in [0, 0.1) is 13.8 Å². The molecule has 0 aliphatic rings. The van der Waals surface area contributed by atoms with Gasteiger partial charge in [-0.3, -0.25) is 0 Å². The van der Waals surface area contributed by atoms with Crippen LogP contribution in [-0.4, -0.2) is 24.3 Å². The molecule has 84 valence electrons. The van der Waals surface area contributed by atoms with Gasteiger partial charge in [0, 0.05) is 19.1 Å². The Morgan fingerprint density at radius 3 is 2.80 bits per heavy atom. The molecule has 15 heavy (non-hydrogen) atoms. The molecule has 1 aromatic carbocycles. The van der Waals surface area contributed by atoms with E-state index in [0.29, 0.717) is 6.54 Å². The summed E-state index contributed by atoms with van der Waals surface area (Å²) in [5.74, 6) is 0. The molecule has 0 amide bonds. The zero-order valence-electron chi connectivity index (χ0n) is 9.46. The van der Waals surface area contributed by atoms with E-state index in [4.69, 9.17) is 10.8 Å². The molecule has 0 aliphatic heterocycles. The molecule has 0 saturated heterocycles. The molecule has 4 N–H and O–H groups in total. The molecule has 0 spiro atoms. The summed E-state index contributed by atoms with van der Waals surface area (Å²) in [4.78, 5) is 0. The minimum atomic E-state index is -0.171. The van der Waals surface area contributed by atoms with Crippen molar-refractivity contribution >= 4 is 0 Å². The maximum atomic E-state index is 8.77. The highest BCUT2D eigenvalue weighted by Gasteiger charge is 2.01. The SMILES string of the molecule is Cc1ccc(C)c(CNCC(N)CO)c1. The van der Waals surface area contributed by atoms with E-state index < -0.39 is 0 Å². The van der Waals surface area contributed by atoms with Crippen molar-refractivity contribution in [1.82, 2.24) is 5.32 Å². The van der Waals surface area contributed by atoms with E-state index in [0.717, 1.165) is 6.54 Å². The fourth-order valence-electron chi connectivity index (χ4n) is 1.45. The van der Waals surface area contributed by atoms with Crippen LogP contribution in [0.2, 0.25) is 0 Å². The summed E-state index contributed by atoms with van der Waals surface area (Å²) >= 11 is 0. The van der Waals surface area contributed by atoms with Gasteiger partial charge in [-0.25, -0.2) is 0 Å². The molecule has 0 radical (unpaired) electrons. The lowest BCUT2D eigenvalue weighted by Gasteiger charge is -2.11. The quantitative estimate of drug-likeness (QED) is 0.668. The van der Waals surface area contributed by atoms with Crippen molar-refractivity contribution in [1.29, 1.82) is 0 Å². The first-order valence-electron chi connectivity index (χ1n) is 5.26. The van der Waals surface area contributed by atoms with E-state index in [1.165, 1.54) is 16.7 Å². The van der Waals surface area contributed by atoms with Crippen molar-refractivity contribution < 1.29 is 5.11 Å². The average molecular weight is 208 g/mol. The van der Waals surface area contributed by atoms with Crippen LogP contribution in [0.15, 0.2) is 18.2 Å². The third kappa shape index (κ3) is 4.00. The summed E-state index contributed by atoms with van der Waals surface area (Å²) in [6.45, 7) is 5.66. The molecule has 1 aromatic rings. The molecule has 1 unspecified atom stereocenters. The molecule has 1 rings (SSSR count). The lowest BCUT2D eigenvalue weighted by molar-refractivity contribution is 0.262. The van der Waals surface area contributed by atoms with Crippen molar-refractivity contribution in [2.45, 2.75) is 26.4 Å². The Balaban J connectivity index is 2.46. The Bertz CT molecular complexity index is 312. The van der Waals surface area contributed by atoms with Gasteiger partial charge in [-0.15, -0.1) is 0 Å². The van der Waals surface area contributed by atoms with Crippen LogP contribution in [0.4, 0.5) is 0 Å². The standard InChI is InChI=1S/C12H20N2O/c1-9-3-4-10(2)11(5-9)6-14-7-12(13)8-15/h3-5,12,14-15H,6-8,13H2,1-2H3. The molecule has 0 bridgehead atoms. The Hall–Kier alpha value is -0.900. The first-order valence-corrected chi connectivity index (χ1v) is 5.26. The number of aliphatic hydroxyl groups is 1. The summed E-state index contributed by atoms with van der Waals surface area (Å²) in [7, 11) is 0. The van der Waals surface area contributed by atoms with Gasteiger partial charge in [0.2, 0.25) is 0 Å². The van der Waals surface area contributed by atoms with Crippen LogP contribution in [0.1, 0.15) is 16.7 Å². The van der Waals surface area contributed by atoms with Gasteiger partial charge in [-0.1, -0.05) is 23.8 Å². The van der Waals surface area contributed by atoms with Gasteiger partial charge in [0.15, 0.2) is 0 Å². The normalized spacial score (nSPS) is 12.8. The lowest BCUT2D eigenvalue weighted by atomic mass is 10.1. The van der Waals surface area contributed by atoms with Crippen molar-refractivity contribution in [3.63, 3.8) is 0 Å². The smallest absolute Gasteiger partial charge is 0.0594 e. The summed E-state index contributed by atoms with van der Waals surface area (Å²) in [6, 6.07) is 6.23. The van der Waals surface area contributed by atoms with Gasteiger partial charge in [-0.05, 0) is 25.0 Å². The van der Waals surface area contributed by atoms with Crippen LogP contribution in [0.3, 0.4) is 0 Å². The summed E-state index contributed by atoms with van der Waals surface area (Å²) in [5.41, 5.74) is 9.43. The monoisotopic (exact) mass is 208 g/mol. The fourth-order valence-corrected chi connectivity index (χ4v) is 1.45. The van der Waals surface area contributed by atoms with Gasteiger partial charge in [0.25, 0.3) is 0 Å². The van der Waals surface area contributed by atoms with Crippen molar-refractivity contribution in [3.8, 4) is 0 Å². The van der Waals surface area contributed by atoms with E-state index in [1.807, 2.05) is 0 Å². The fraction of sp³-hybridized carbons (Fsp3) is 0.500. The number of hydrogen-bond acceptors (Lipinski definition) is 3. The molecule has 1 atom stereocenters. The maximum absolute atomic E-state index is 8.77. The first kappa shape index (κ1) is 12.2. The van der Waals surface area contributed by atoms with Gasteiger partial charge in [-0.2, -0.15) is 0 Å². The third-order valence-electron chi connectivity index (χ3n) is 2.46. The van der Waals surface area contributed by atoms with Gasteiger partial charge < -0.3 is 16.2 Å². The molecule has 0 fully saturated rings. The third-order valence-corrected chi connectivity index (χ3v) is 2.46. The summed E-state index contributed by atoms with van der Waals surface area (Å²) < 4.78 is 0. The van der Waals surface area contributed by atoms with Crippen LogP contribution in [-0.2, 0) is 6.54 Å². The predicted octanol–water partition coefficient (Wildman–Crippen LogP) is 0.713. The number of hydrogen-bond donors (Lipinski definition) is 3. The molecule has 0 aromatic heterocycles. The summed E-state index contributed by atoms with van der Waals surface area (Å²) in [6.07, 6.45) is 0. The van der Waals surface area contributed by atoms with E-state index in [-0.39, 0.29) is 12.6 Å². The molecular formula is C12H20N2O. The highest BCUT2D eigenvalue weighted by molar-refractivity contribution is 5.30. The number of rotatable bonds is 5. The molecule has 0 heterocycles. The van der Waals surface area contributed by atoms with Crippen LogP contribution in [0.25, 0.3) is 0 Å². The largest absolute Gasteiger partial charge is 0.395 e. The number of nitrogens with two attached hydrogens (primary N) is 1. The maximum Gasteiger partial charge on any atom is 0.0594 e. The second-order valence-electron chi connectivity index (χ2n) is 4.00. The second kappa shape index (κ2) is 5.85. The predicted molar refractivity (Wildman–Crippen MR) is 62.7 cm³/mol. The summed E-state index contributed by atoms with van der Waals surface area (Å²) in [5, 5.41) is 12.0. The van der Waals surface area contributed by atoms with Crippen LogP contribution >= 0.6 is 0 Å². The molecular weight excluding hydrogens is 188 g/mol. The van der Waals surface area contributed by atoms with Gasteiger partial charge in [0.05, 0.1) is 6.61 Å². The molecule has 0 saturated carbocycles. The van der Waals surface area contributed by atoms with Gasteiger partial charge >= 0.3 is 0 Å². The highest BCUT2D eigenvalue weighted by atomic mass is 16.3. The highest BCUT2D eigenvalue weighted by Crippen LogP contribution is 2.09. The Labute approximate surface area is 91.3 Å². The van der Waals surface area contributed by atoms with Crippen molar-refractivity contribution in [3.05, 3.63) is 34.9 Å². The first-order chi connectivity index (χ1) is 7.13. The van der Waals surface area contributed by atoms with Crippen molar-refractivity contribution in [2.75, 3.05) is 13.2 Å². The average Bonchev–Trinajstić information content (AvgIpc) is 2.23. The topological polar surface area (TPSA) is 58.3 Å². The number of benzene rings is 1. The number of nitrogens with one attached hydrogen (secondary N) is 1. The van der Waals surface area contributed by atoms with Gasteiger partial charge in [0.1, 0.15) is 0 Å². The minimum Gasteiger partial charge on any atom is -0.395 e.